The number of rotatable bonds is 6. The average molecular weight is 366 g/mol. The largest absolute Gasteiger partial charge is 0.496 e. The molecule has 0 saturated heterocycles. The minimum atomic E-state index is 0.320. The van der Waals surface area contributed by atoms with Gasteiger partial charge >= 0.3 is 0 Å². The first-order valence-electron chi connectivity index (χ1n) is 6.39. The highest BCUT2D eigenvalue weighted by Crippen LogP contribution is 2.20. The Morgan fingerprint density at radius 1 is 1.14 bits per heavy atom. The number of hydrogen-bond donors (Lipinski definition) is 1. The standard InChI is InChI=1S/C16H16BrNO2S/c1-19-15-6-5-12(8-14(15)16(18)21)10-20-9-11-3-2-4-13(17)7-11/h2-8H,9-10H2,1H3,(H2,18,21). The lowest BCUT2D eigenvalue weighted by atomic mass is 10.1. The zero-order chi connectivity index (χ0) is 15.2. The summed E-state index contributed by atoms with van der Waals surface area (Å²) >= 11 is 8.47. The van der Waals surface area contributed by atoms with Crippen molar-refractivity contribution in [3.8, 4) is 5.75 Å². The Kier molecular flexibility index (Phi) is 5.73. The molecule has 110 valence electrons. The monoisotopic (exact) mass is 365 g/mol. The Labute approximate surface area is 138 Å². The van der Waals surface area contributed by atoms with Crippen molar-refractivity contribution in [3.63, 3.8) is 0 Å². The Bertz CT molecular complexity index is 646. The molecule has 2 N–H and O–H groups in total. The third-order valence-corrected chi connectivity index (χ3v) is 3.67. The van der Waals surface area contributed by atoms with Crippen molar-refractivity contribution >= 4 is 33.1 Å². The summed E-state index contributed by atoms with van der Waals surface area (Å²) in [5.41, 5.74) is 8.56. The van der Waals surface area contributed by atoms with Crippen LogP contribution in [-0.2, 0) is 18.0 Å². The average Bonchev–Trinajstić information content (AvgIpc) is 2.47. The van der Waals surface area contributed by atoms with Crippen LogP contribution in [0.2, 0.25) is 0 Å². The van der Waals surface area contributed by atoms with Crippen molar-refractivity contribution in [1.29, 1.82) is 0 Å². The van der Waals surface area contributed by atoms with Crippen LogP contribution in [0.4, 0.5) is 0 Å². The van der Waals surface area contributed by atoms with Crippen LogP contribution in [0.25, 0.3) is 0 Å². The molecule has 0 saturated carbocycles. The maximum Gasteiger partial charge on any atom is 0.129 e. The first-order valence-corrected chi connectivity index (χ1v) is 7.59. The van der Waals surface area contributed by atoms with Gasteiger partial charge in [-0.25, -0.2) is 0 Å². The van der Waals surface area contributed by atoms with Crippen LogP contribution in [0.1, 0.15) is 16.7 Å². The van der Waals surface area contributed by atoms with E-state index in [0.717, 1.165) is 21.2 Å². The van der Waals surface area contributed by atoms with E-state index < -0.39 is 0 Å². The van der Waals surface area contributed by atoms with Crippen LogP contribution in [0.5, 0.6) is 5.75 Å². The van der Waals surface area contributed by atoms with Crippen molar-refractivity contribution in [3.05, 3.63) is 63.6 Å². The molecule has 0 spiro atoms. The Morgan fingerprint density at radius 2 is 1.86 bits per heavy atom. The Morgan fingerprint density at radius 3 is 2.48 bits per heavy atom. The topological polar surface area (TPSA) is 44.5 Å². The second kappa shape index (κ2) is 7.54. The van der Waals surface area contributed by atoms with E-state index in [2.05, 4.69) is 15.9 Å². The van der Waals surface area contributed by atoms with Crippen molar-refractivity contribution in [2.24, 2.45) is 5.73 Å². The highest BCUT2D eigenvalue weighted by molar-refractivity contribution is 9.10. The van der Waals surface area contributed by atoms with Crippen molar-refractivity contribution in [1.82, 2.24) is 0 Å². The molecule has 5 heteroatoms. The zero-order valence-electron chi connectivity index (χ0n) is 11.6. The molecule has 0 aliphatic carbocycles. The van der Waals surface area contributed by atoms with Gasteiger partial charge in [-0.05, 0) is 35.4 Å². The van der Waals surface area contributed by atoms with Gasteiger partial charge < -0.3 is 15.2 Å². The summed E-state index contributed by atoms with van der Waals surface area (Å²) in [5, 5.41) is 0. The number of hydrogen-bond acceptors (Lipinski definition) is 3. The van der Waals surface area contributed by atoms with E-state index in [1.807, 2.05) is 42.5 Å². The van der Waals surface area contributed by atoms with Crippen LogP contribution in [-0.4, -0.2) is 12.1 Å². The maximum absolute atomic E-state index is 5.72. The van der Waals surface area contributed by atoms with E-state index in [1.165, 1.54) is 0 Å². The molecule has 0 bridgehead atoms. The van der Waals surface area contributed by atoms with Gasteiger partial charge in [-0.15, -0.1) is 0 Å². The van der Waals surface area contributed by atoms with Gasteiger partial charge in [0.2, 0.25) is 0 Å². The lowest BCUT2D eigenvalue weighted by Gasteiger charge is -2.10. The number of methoxy groups -OCH3 is 1. The fourth-order valence-corrected chi connectivity index (χ4v) is 2.56. The van der Waals surface area contributed by atoms with Crippen LogP contribution in [0.15, 0.2) is 46.9 Å². The number of benzene rings is 2. The lowest BCUT2D eigenvalue weighted by Crippen LogP contribution is -2.11. The van der Waals surface area contributed by atoms with Gasteiger partial charge in [0.05, 0.1) is 25.9 Å². The van der Waals surface area contributed by atoms with E-state index in [9.17, 15) is 0 Å². The van der Waals surface area contributed by atoms with Gasteiger partial charge in [0.25, 0.3) is 0 Å². The van der Waals surface area contributed by atoms with Gasteiger partial charge in [-0.1, -0.05) is 46.3 Å². The molecule has 2 rings (SSSR count). The predicted octanol–water partition coefficient (Wildman–Crippen LogP) is 3.81. The molecule has 0 fully saturated rings. The molecule has 21 heavy (non-hydrogen) atoms. The van der Waals surface area contributed by atoms with Crippen molar-refractivity contribution in [2.45, 2.75) is 13.2 Å². The van der Waals surface area contributed by atoms with E-state index in [1.54, 1.807) is 7.11 Å². The number of nitrogens with two attached hydrogens (primary N) is 1. The van der Waals surface area contributed by atoms with Gasteiger partial charge in [0, 0.05) is 4.47 Å². The molecule has 2 aromatic rings. The molecule has 3 nitrogen and oxygen atoms in total. The minimum absolute atomic E-state index is 0.320. The minimum Gasteiger partial charge on any atom is -0.496 e. The molecule has 0 heterocycles. The van der Waals surface area contributed by atoms with Gasteiger partial charge in [-0.3, -0.25) is 0 Å². The zero-order valence-corrected chi connectivity index (χ0v) is 14.0. The summed E-state index contributed by atoms with van der Waals surface area (Å²) in [7, 11) is 1.60. The van der Waals surface area contributed by atoms with E-state index in [4.69, 9.17) is 27.4 Å². The third kappa shape index (κ3) is 4.52. The van der Waals surface area contributed by atoms with E-state index in [0.29, 0.717) is 24.0 Å². The third-order valence-electron chi connectivity index (χ3n) is 2.96. The molecule has 0 amide bonds. The summed E-state index contributed by atoms with van der Waals surface area (Å²) in [6.45, 7) is 1.04. The fourth-order valence-electron chi connectivity index (χ4n) is 1.95. The Hall–Kier alpha value is -1.43. The molecule has 0 aliphatic rings. The fraction of sp³-hybridized carbons (Fsp3) is 0.188. The summed E-state index contributed by atoms with van der Waals surface area (Å²) in [6.07, 6.45) is 0. The first-order chi connectivity index (χ1) is 10.1. The summed E-state index contributed by atoms with van der Waals surface area (Å²) in [6, 6.07) is 13.7. The Balaban J connectivity index is 2.00. The summed E-state index contributed by atoms with van der Waals surface area (Å²) in [5.74, 6) is 0.679. The predicted molar refractivity (Wildman–Crippen MR) is 91.5 cm³/mol. The highest BCUT2D eigenvalue weighted by Gasteiger charge is 2.07. The molecule has 0 atom stereocenters. The maximum atomic E-state index is 5.72. The van der Waals surface area contributed by atoms with Crippen molar-refractivity contribution in [2.75, 3.05) is 7.11 Å². The number of thiocarbonyl (C=S) groups is 1. The molecule has 0 aliphatic heterocycles. The second-order valence-electron chi connectivity index (χ2n) is 4.52. The van der Waals surface area contributed by atoms with Gasteiger partial charge in [0.15, 0.2) is 0 Å². The van der Waals surface area contributed by atoms with Crippen LogP contribution >= 0.6 is 28.1 Å². The highest BCUT2D eigenvalue weighted by atomic mass is 79.9. The quantitative estimate of drug-likeness (QED) is 0.790. The smallest absolute Gasteiger partial charge is 0.129 e. The van der Waals surface area contributed by atoms with E-state index in [-0.39, 0.29) is 0 Å². The molecule has 0 aromatic heterocycles. The van der Waals surface area contributed by atoms with Crippen LogP contribution in [0, 0.1) is 0 Å². The normalized spacial score (nSPS) is 10.4. The number of ether oxygens (including phenoxy) is 2. The van der Waals surface area contributed by atoms with Gasteiger partial charge in [0.1, 0.15) is 10.7 Å². The van der Waals surface area contributed by atoms with Crippen LogP contribution in [0.3, 0.4) is 0 Å². The lowest BCUT2D eigenvalue weighted by molar-refractivity contribution is 0.107. The number of halogens is 1. The molecule has 2 aromatic carbocycles. The molecule has 0 radical (unpaired) electrons. The second-order valence-corrected chi connectivity index (χ2v) is 5.88. The molecule has 0 unspecified atom stereocenters. The van der Waals surface area contributed by atoms with Crippen LogP contribution < -0.4 is 10.5 Å². The van der Waals surface area contributed by atoms with E-state index >= 15 is 0 Å². The summed E-state index contributed by atoms with van der Waals surface area (Å²) in [4.78, 5) is 0.320. The SMILES string of the molecule is COc1ccc(COCc2cccc(Br)c2)cc1C(N)=S. The summed E-state index contributed by atoms with van der Waals surface area (Å²) < 4.78 is 12.0. The molecular weight excluding hydrogens is 350 g/mol. The first kappa shape index (κ1) is 15.9. The van der Waals surface area contributed by atoms with Gasteiger partial charge in [-0.2, -0.15) is 0 Å². The molecular formula is C16H16BrNO2S. The van der Waals surface area contributed by atoms with Crippen molar-refractivity contribution < 1.29 is 9.47 Å².